The van der Waals surface area contributed by atoms with Gasteiger partial charge in [0.25, 0.3) is 5.91 Å². The van der Waals surface area contributed by atoms with Gasteiger partial charge in [0, 0.05) is 30.5 Å². The zero-order chi connectivity index (χ0) is 19.3. The van der Waals surface area contributed by atoms with Gasteiger partial charge in [-0.2, -0.15) is 4.98 Å². The van der Waals surface area contributed by atoms with Crippen LogP contribution in [0.2, 0.25) is 0 Å². The van der Waals surface area contributed by atoms with Crippen LogP contribution in [0.5, 0.6) is 5.75 Å². The second kappa shape index (κ2) is 8.18. The lowest BCUT2D eigenvalue weighted by Crippen LogP contribution is -2.39. The molecule has 0 radical (unpaired) electrons. The molecule has 1 N–H and O–H groups in total. The summed E-state index contributed by atoms with van der Waals surface area (Å²) in [6.45, 7) is 0.691. The molecular weight excluding hydrogens is 358 g/mol. The van der Waals surface area contributed by atoms with Crippen molar-refractivity contribution in [3.63, 3.8) is 0 Å². The third-order valence-corrected chi connectivity index (χ3v) is 4.69. The van der Waals surface area contributed by atoms with Crippen LogP contribution >= 0.6 is 0 Å². The van der Waals surface area contributed by atoms with E-state index in [9.17, 15) is 4.79 Å². The van der Waals surface area contributed by atoms with Crippen molar-refractivity contribution in [2.45, 2.75) is 18.5 Å². The molecule has 1 aliphatic rings. The Hall–Kier alpha value is -3.26. The molecule has 1 fully saturated rings. The summed E-state index contributed by atoms with van der Waals surface area (Å²) < 4.78 is 11.0. The first kappa shape index (κ1) is 18.1. The van der Waals surface area contributed by atoms with Crippen molar-refractivity contribution in [3.05, 3.63) is 60.7 Å². The third-order valence-electron chi connectivity index (χ3n) is 4.69. The number of carbonyl (C=O) groups excluding carboxylic acids is 1. The summed E-state index contributed by atoms with van der Waals surface area (Å²) in [5.74, 6) is 1.61. The molecule has 1 aliphatic heterocycles. The minimum absolute atomic E-state index is 0.00171. The first-order valence-electron chi connectivity index (χ1n) is 9.10. The second-order valence-corrected chi connectivity index (χ2v) is 6.75. The highest BCUT2D eigenvalue weighted by Crippen LogP contribution is 2.30. The molecule has 4 rings (SSSR count). The predicted molar refractivity (Wildman–Crippen MR) is 101 cm³/mol. The summed E-state index contributed by atoms with van der Waals surface area (Å²) in [7, 11) is 1.98. The Morgan fingerprint density at radius 1 is 1.25 bits per heavy atom. The number of ether oxygens (including phenoxy) is 1. The van der Waals surface area contributed by atoms with E-state index in [4.69, 9.17) is 9.26 Å². The molecule has 0 aliphatic carbocycles. The quantitative estimate of drug-likeness (QED) is 0.701. The number of rotatable bonds is 6. The van der Waals surface area contributed by atoms with E-state index in [1.165, 1.54) is 0 Å². The van der Waals surface area contributed by atoms with E-state index in [0.29, 0.717) is 30.4 Å². The van der Waals surface area contributed by atoms with Gasteiger partial charge in [0.15, 0.2) is 6.61 Å². The molecule has 0 bridgehead atoms. The number of likely N-dealkylation sites (tertiary alicyclic amines) is 1. The molecule has 0 spiro atoms. The lowest BCUT2D eigenvalue weighted by Gasteiger charge is -2.14. The van der Waals surface area contributed by atoms with Crippen LogP contribution in [0.3, 0.4) is 0 Å². The highest BCUT2D eigenvalue weighted by Gasteiger charge is 2.35. The van der Waals surface area contributed by atoms with E-state index in [0.717, 1.165) is 5.56 Å². The number of benzene rings is 1. The van der Waals surface area contributed by atoms with Gasteiger partial charge in [-0.1, -0.05) is 23.4 Å². The highest BCUT2D eigenvalue weighted by atomic mass is 16.5. The van der Waals surface area contributed by atoms with Crippen LogP contribution in [-0.4, -0.2) is 52.2 Å². The Kier molecular flexibility index (Phi) is 5.29. The number of nitrogens with one attached hydrogen (secondary N) is 1. The summed E-state index contributed by atoms with van der Waals surface area (Å²) >= 11 is 0. The van der Waals surface area contributed by atoms with Crippen molar-refractivity contribution in [3.8, 4) is 17.1 Å². The number of para-hydroxylation sites is 1. The van der Waals surface area contributed by atoms with Gasteiger partial charge in [-0.3, -0.25) is 14.7 Å². The fraction of sp³-hybridized carbons (Fsp3) is 0.300. The van der Waals surface area contributed by atoms with Gasteiger partial charge in [-0.25, -0.2) is 0 Å². The lowest BCUT2D eigenvalue weighted by atomic mass is 10.1. The van der Waals surface area contributed by atoms with E-state index >= 15 is 0 Å². The Bertz CT molecular complexity index is 916. The van der Waals surface area contributed by atoms with Crippen molar-refractivity contribution >= 4 is 5.91 Å². The molecule has 28 heavy (non-hydrogen) atoms. The average Bonchev–Trinajstić information content (AvgIpc) is 3.34. The summed E-state index contributed by atoms with van der Waals surface area (Å²) in [5, 5.41) is 7.08. The molecule has 2 atom stereocenters. The van der Waals surface area contributed by atoms with Crippen molar-refractivity contribution < 1.29 is 14.1 Å². The molecule has 144 valence electrons. The fourth-order valence-electron chi connectivity index (χ4n) is 3.32. The largest absolute Gasteiger partial charge is 0.484 e. The van der Waals surface area contributed by atoms with Crippen LogP contribution in [0.4, 0.5) is 0 Å². The van der Waals surface area contributed by atoms with Crippen LogP contribution in [0.15, 0.2) is 59.4 Å². The normalized spacial score (nSPS) is 19.5. The van der Waals surface area contributed by atoms with Crippen LogP contribution in [0, 0.1) is 0 Å². The Morgan fingerprint density at radius 3 is 2.82 bits per heavy atom. The number of carbonyl (C=O) groups is 1. The fourth-order valence-corrected chi connectivity index (χ4v) is 3.32. The van der Waals surface area contributed by atoms with Gasteiger partial charge < -0.3 is 14.6 Å². The lowest BCUT2D eigenvalue weighted by molar-refractivity contribution is -0.123. The maximum absolute atomic E-state index is 12.2. The number of likely N-dealkylation sites (N-methyl/N-ethyl adjacent to an activating group) is 1. The van der Waals surface area contributed by atoms with Crippen LogP contribution < -0.4 is 10.1 Å². The molecule has 2 unspecified atom stereocenters. The van der Waals surface area contributed by atoms with E-state index in [1.54, 1.807) is 12.4 Å². The smallest absolute Gasteiger partial charge is 0.258 e. The minimum Gasteiger partial charge on any atom is -0.484 e. The van der Waals surface area contributed by atoms with Gasteiger partial charge >= 0.3 is 0 Å². The zero-order valence-corrected chi connectivity index (χ0v) is 15.5. The molecule has 1 aromatic carbocycles. The monoisotopic (exact) mass is 379 g/mol. The Morgan fingerprint density at radius 2 is 2.04 bits per heavy atom. The number of hydrogen-bond acceptors (Lipinski definition) is 7. The third kappa shape index (κ3) is 4.17. The molecule has 3 heterocycles. The first-order valence-corrected chi connectivity index (χ1v) is 9.10. The number of hydrogen-bond donors (Lipinski definition) is 1. The Labute approximate surface area is 162 Å². The maximum atomic E-state index is 12.2. The van der Waals surface area contributed by atoms with E-state index in [1.807, 2.05) is 49.5 Å². The summed E-state index contributed by atoms with van der Waals surface area (Å²) in [5.41, 5.74) is 0.855. The van der Waals surface area contributed by atoms with Crippen LogP contribution in [0.1, 0.15) is 18.4 Å². The molecule has 1 amide bonds. The molecule has 2 aromatic heterocycles. The predicted octanol–water partition coefficient (Wildman–Crippen LogP) is 2.07. The molecule has 8 heteroatoms. The van der Waals surface area contributed by atoms with E-state index in [2.05, 4.69) is 25.3 Å². The zero-order valence-electron chi connectivity index (χ0n) is 15.5. The number of amides is 1. The minimum atomic E-state index is -0.147. The highest BCUT2D eigenvalue weighted by molar-refractivity contribution is 5.77. The number of pyridine rings is 1. The van der Waals surface area contributed by atoms with Crippen molar-refractivity contribution in [2.75, 3.05) is 20.2 Å². The molecular formula is C20H21N5O3. The molecule has 1 saturated heterocycles. The summed E-state index contributed by atoms with van der Waals surface area (Å²) in [4.78, 5) is 22.8. The van der Waals surface area contributed by atoms with Crippen LogP contribution in [0.25, 0.3) is 11.4 Å². The molecule has 0 saturated carbocycles. The average molecular weight is 379 g/mol. The second-order valence-electron chi connectivity index (χ2n) is 6.75. The summed E-state index contributed by atoms with van der Waals surface area (Å²) in [6.07, 6.45) is 4.08. The van der Waals surface area contributed by atoms with Gasteiger partial charge in [0.1, 0.15) is 5.75 Å². The van der Waals surface area contributed by atoms with Gasteiger partial charge in [0.05, 0.1) is 6.04 Å². The first-order chi connectivity index (χ1) is 13.7. The Balaban J connectivity index is 1.33. The van der Waals surface area contributed by atoms with E-state index < -0.39 is 0 Å². The molecule has 3 aromatic rings. The van der Waals surface area contributed by atoms with Crippen LogP contribution in [-0.2, 0) is 4.79 Å². The molecule has 8 nitrogen and oxygen atoms in total. The van der Waals surface area contributed by atoms with Crippen molar-refractivity contribution in [1.29, 1.82) is 0 Å². The topological polar surface area (TPSA) is 93.4 Å². The maximum Gasteiger partial charge on any atom is 0.258 e. The SMILES string of the molecule is CN1CC(NC(=O)COc2ccccc2)CC1c1nc(-c2ccncc2)no1. The number of nitrogens with zero attached hydrogens (tertiary/aromatic N) is 4. The van der Waals surface area contributed by atoms with Gasteiger partial charge in [-0.15, -0.1) is 0 Å². The summed E-state index contributed by atoms with van der Waals surface area (Å²) in [6, 6.07) is 12.9. The van der Waals surface area contributed by atoms with Gasteiger partial charge in [0.2, 0.25) is 11.7 Å². The van der Waals surface area contributed by atoms with E-state index in [-0.39, 0.29) is 24.6 Å². The standard InChI is InChI=1S/C20H21N5O3/c1-25-12-15(22-18(26)13-27-16-5-3-2-4-6-16)11-17(25)20-23-19(24-28-20)14-7-9-21-10-8-14/h2-10,15,17H,11-13H2,1H3,(H,22,26). The van der Waals surface area contributed by atoms with Gasteiger partial charge in [-0.05, 0) is 37.7 Å². The van der Waals surface area contributed by atoms with Crippen molar-refractivity contribution in [2.24, 2.45) is 0 Å². The number of aromatic nitrogens is 3. The van der Waals surface area contributed by atoms with Crippen molar-refractivity contribution in [1.82, 2.24) is 25.3 Å².